The highest BCUT2D eigenvalue weighted by Gasteiger charge is 2.44. The smallest absolute Gasteiger partial charge is 0.253 e. The van der Waals surface area contributed by atoms with Crippen LogP contribution in [0.4, 0.5) is 0 Å². The van der Waals surface area contributed by atoms with E-state index in [1.807, 2.05) is 20.8 Å². The molecule has 0 radical (unpaired) electrons. The maximum atomic E-state index is 13.5. The van der Waals surface area contributed by atoms with E-state index in [4.69, 9.17) is 5.73 Å². The lowest BCUT2D eigenvalue weighted by Gasteiger charge is -2.32. The number of thioether (sulfide) groups is 1. The number of aliphatic hydroxyl groups excluding tert-OH is 1. The molecule has 6 N–H and O–H groups in total. The number of benzene rings is 2. The first-order valence-corrected chi connectivity index (χ1v) is 12.3. The highest BCUT2D eigenvalue weighted by Crippen LogP contribution is 2.32. The Morgan fingerprint density at radius 1 is 1.09 bits per heavy atom. The molecule has 1 aliphatic rings. The Hall–Kier alpha value is -3.08. The van der Waals surface area contributed by atoms with E-state index in [-0.39, 0.29) is 28.8 Å². The summed E-state index contributed by atoms with van der Waals surface area (Å²) in [5.41, 5.74) is 6.30. The average molecular weight is 502 g/mol. The Bertz CT molecular complexity index is 1070. The fourth-order valence-electron chi connectivity index (χ4n) is 3.97. The number of amides is 2. The summed E-state index contributed by atoms with van der Waals surface area (Å²) in [7, 11) is 0. The van der Waals surface area contributed by atoms with Crippen molar-refractivity contribution in [3.63, 3.8) is 0 Å². The lowest BCUT2D eigenvalue weighted by molar-refractivity contribution is -0.147. The predicted molar refractivity (Wildman–Crippen MR) is 133 cm³/mol. The van der Waals surface area contributed by atoms with Gasteiger partial charge in [0.1, 0.15) is 23.6 Å². The molecule has 2 amide bonds. The maximum absolute atomic E-state index is 13.5. The zero-order chi connectivity index (χ0) is 25.9. The van der Waals surface area contributed by atoms with E-state index in [2.05, 4.69) is 5.32 Å². The number of carbonyl (C=O) groups excluding carboxylic acids is 3. The molecule has 188 valence electrons. The fraction of sp³-hybridized carbons (Fsp3) is 0.400. The Morgan fingerprint density at radius 2 is 1.69 bits per heavy atom. The average Bonchev–Trinajstić information content (AvgIpc) is 3.27. The first-order chi connectivity index (χ1) is 16.4. The quantitative estimate of drug-likeness (QED) is 0.360. The lowest BCUT2D eigenvalue weighted by atomic mass is 9.82. The molecule has 1 fully saturated rings. The number of nitrogens with one attached hydrogen (secondary N) is 1. The first kappa shape index (κ1) is 26.5. The topological polar surface area (TPSA) is 153 Å². The molecule has 1 saturated heterocycles. The van der Waals surface area contributed by atoms with Crippen LogP contribution in [0.5, 0.6) is 11.5 Å². The Labute approximate surface area is 208 Å². The summed E-state index contributed by atoms with van der Waals surface area (Å²) in [6, 6.07) is 9.99. The van der Waals surface area contributed by atoms with Gasteiger partial charge in [-0.2, -0.15) is 0 Å². The highest BCUT2D eigenvalue weighted by molar-refractivity contribution is 7.99. The zero-order valence-corrected chi connectivity index (χ0v) is 20.7. The number of aromatic hydroxyl groups is 2. The van der Waals surface area contributed by atoms with Crippen molar-refractivity contribution in [3.05, 3.63) is 59.7 Å². The Kier molecular flexibility index (Phi) is 8.09. The predicted octanol–water partition coefficient (Wildman–Crippen LogP) is 1.77. The Balaban J connectivity index is 1.95. The van der Waals surface area contributed by atoms with E-state index in [1.54, 1.807) is 30.3 Å². The molecule has 0 bridgehead atoms. The van der Waals surface area contributed by atoms with Crippen molar-refractivity contribution < 1.29 is 29.7 Å². The third-order valence-electron chi connectivity index (χ3n) is 5.62. The summed E-state index contributed by atoms with van der Waals surface area (Å²) in [4.78, 5) is 41.0. The molecule has 2 aromatic rings. The minimum absolute atomic E-state index is 0.108. The van der Waals surface area contributed by atoms with Crippen molar-refractivity contribution in [2.75, 3.05) is 11.6 Å². The van der Waals surface area contributed by atoms with Crippen molar-refractivity contribution >= 4 is 29.4 Å². The number of ketones is 1. The van der Waals surface area contributed by atoms with Crippen LogP contribution < -0.4 is 11.1 Å². The summed E-state index contributed by atoms with van der Waals surface area (Å²) in [6.07, 6.45) is -1.87. The lowest BCUT2D eigenvalue weighted by Crippen LogP contribution is -2.56. The molecule has 2 aromatic carbocycles. The number of aliphatic hydroxyl groups is 1. The second-order valence-electron chi connectivity index (χ2n) is 9.57. The number of rotatable bonds is 7. The van der Waals surface area contributed by atoms with Crippen LogP contribution in [0.15, 0.2) is 48.5 Å². The van der Waals surface area contributed by atoms with Crippen LogP contribution in [0.2, 0.25) is 0 Å². The molecular formula is C25H31N3O6S. The minimum Gasteiger partial charge on any atom is -0.508 e. The van der Waals surface area contributed by atoms with E-state index >= 15 is 0 Å². The van der Waals surface area contributed by atoms with Crippen LogP contribution in [0, 0.1) is 5.92 Å². The van der Waals surface area contributed by atoms with Gasteiger partial charge in [0.05, 0.1) is 11.8 Å². The minimum atomic E-state index is -1.87. The second-order valence-corrected chi connectivity index (χ2v) is 10.6. The molecule has 3 unspecified atom stereocenters. The number of carbonyl (C=O) groups is 3. The molecule has 4 atom stereocenters. The molecule has 1 heterocycles. The maximum Gasteiger partial charge on any atom is 0.253 e. The standard InChI is InChI=1S/C25H31N3O6S/c1-25(2,3)27-23(33)18-12-35-13-28(18)24(34)22(32)19(20(26)14-7-5-4-6-8-14)21(31)15-9-16(29)11-17(30)10-15/h4-11,18-20,22,29-30,32H,12-13,26H2,1-3H3,(H,27,33)/t18-,19?,20?,22?/m0/s1. The van der Waals surface area contributed by atoms with Gasteiger partial charge >= 0.3 is 0 Å². The van der Waals surface area contributed by atoms with Gasteiger partial charge in [0.25, 0.3) is 5.91 Å². The van der Waals surface area contributed by atoms with Gasteiger partial charge in [-0.3, -0.25) is 14.4 Å². The van der Waals surface area contributed by atoms with Crippen molar-refractivity contribution in [1.82, 2.24) is 10.2 Å². The second kappa shape index (κ2) is 10.7. The van der Waals surface area contributed by atoms with Crippen molar-refractivity contribution in [3.8, 4) is 11.5 Å². The van der Waals surface area contributed by atoms with Crippen molar-refractivity contribution in [1.29, 1.82) is 0 Å². The van der Waals surface area contributed by atoms with Crippen molar-refractivity contribution in [2.45, 2.75) is 44.5 Å². The molecule has 9 nitrogen and oxygen atoms in total. The number of nitrogens with two attached hydrogens (primary N) is 1. The third-order valence-corrected chi connectivity index (χ3v) is 6.63. The van der Waals surface area contributed by atoms with Gasteiger partial charge in [-0.15, -0.1) is 11.8 Å². The van der Waals surface area contributed by atoms with Gasteiger partial charge in [0, 0.05) is 29.0 Å². The highest BCUT2D eigenvalue weighted by atomic mass is 32.2. The van der Waals surface area contributed by atoms with Gasteiger partial charge < -0.3 is 31.3 Å². The van der Waals surface area contributed by atoms with E-state index in [9.17, 15) is 29.7 Å². The van der Waals surface area contributed by atoms with E-state index < -0.39 is 41.3 Å². The molecule has 0 spiro atoms. The largest absolute Gasteiger partial charge is 0.508 e. The summed E-state index contributed by atoms with van der Waals surface area (Å²) < 4.78 is 0. The van der Waals surface area contributed by atoms with Gasteiger partial charge in [0.15, 0.2) is 5.78 Å². The Morgan fingerprint density at radius 3 is 2.26 bits per heavy atom. The number of hydrogen-bond donors (Lipinski definition) is 5. The summed E-state index contributed by atoms with van der Waals surface area (Å²) in [5.74, 6) is -3.49. The van der Waals surface area contributed by atoms with E-state index in [1.165, 1.54) is 16.7 Å². The molecule has 3 rings (SSSR count). The van der Waals surface area contributed by atoms with Gasteiger partial charge in [-0.1, -0.05) is 30.3 Å². The normalized spacial score (nSPS) is 18.5. The van der Waals surface area contributed by atoms with Crippen LogP contribution in [0.3, 0.4) is 0 Å². The number of phenolic OH excluding ortho intramolecular Hbond substituents is 2. The summed E-state index contributed by atoms with van der Waals surface area (Å²) in [6.45, 7) is 5.48. The number of phenols is 2. The monoisotopic (exact) mass is 501 g/mol. The summed E-state index contributed by atoms with van der Waals surface area (Å²) >= 11 is 1.37. The summed E-state index contributed by atoms with van der Waals surface area (Å²) in [5, 5.41) is 33.8. The molecule has 0 aliphatic carbocycles. The molecule has 0 aromatic heterocycles. The van der Waals surface area contributed by atoms with E-state index in [0.29, 0.717) is 11.3 Å². The molecule has 10 heteroatoms. The fourth-order valence-corrected chi connectivity index (χ4v) is 5.13. The molecular weight excluding hydrogens is 470 g/mol. The number of hydrogen-bond acceptors (Lipinski definition) is 8. The molecule has 35 heavy (non-hydrogen) atoms. The van der Waals surface area contributed by atoms with E-state index in [0.717, 1.165) is 18.2 Å². The SMILES string of the molecule is CC(C)(C)NC(=O)[C@@H]1CSCN1C(=O)C(O)C(C(=O)c1cc(O)cc(O)c1)C(N)c1ccccc1. The van der Waals surface area contributed by atoms with Crippen molar-refractivity contribution in [2.24, 2.45) is 11.7 Å². The van der Waals surface area contributed by atoms with Crippen LogP contribution in [0.25, 0.3) is 0 Å². The van der Waals surface area contributed by atoms with Crippen LogP contribution in [0.1, 0.15) is 42.7 Å². The number of nitrogens with zero attached hydrogens (tertiary/aromatic N) is 1. The molecule has 0 saturated carbocycles. The third kappa shape index (κ3) is 6.33. The zero-order valence-electron chi connectivity index (χ0n) is 19.8. The van der Waals surface area contributed by atoms with Crippen LogP contribution >= 0.6 is 11.8 Å². The van der Waals surface area contributed by atoms with Gasteiger partial charge in [-0.05, 0) is 38.5 Å². The molecule has 1 aliphatic heterocycles. The van der Waals surface area contributed by atoms with Gasteiger partial charge in [-0.25, -0.2) is 0 Å². The van der Waals surface area contributed by atoms with Crippen LogP contribution in [-0.4, -0.2) is 67.1 Å². The number of Topliss-reactive ketones (excluding diaryl/α,β-unsaturated/α-hetero) is 1. The first-order valence-electron chi connectivity index (χ1n) is 11.1. The van der Waals surface area contributed by atoms with Crippen LogP contribution in [-0.2, 0) is 9.59 Å². The van der Waals surface area contributed by atoms with Gasteiger partial charge in [0.2, 0.25) is 5.91 Å².